The van der Waals surface area contributed by atoms with Crippen molar-refractivity contribution in [2.24, 2.45) is 0 Å². The molecule has 4 aromatic rings. The van der Waals surface area contributed by atoms with E-state index in [1.165, 1.54) is 17.1 Å². The third-order valence-corrected chi connectivity index (χ3v) is 4.97. The minimum Gasteiger partial charge on any atom is -0.507 e. The number of benzene rings is 3. The quantitative estimate of drug-likeness (QED) is 0.223. The van der Waals surface area contributed by atoms with Crippen LogP contribution in [0.5, 0.6) is 5.75 Å². The lowest BCUT2D eigenvalue weighted by Crippen LogP contribution is -2.18. The maximum atomic E-state index is 12.6. The van der Waals surface area contributed by atoms with Gasteiger partial charge < -0.3 is 20.7 Å². The third kappa shape index (κ3) is 3.82. The van der Waals surface area contributed by atoms with Gasteiger partial charge in [-0.25, -0.2) is 0 Å². The number of para-hydroxylation sites is 1. The minimum absolute atomic E-state index is 0.0221. The number of nitriles is 1. The van der Waals surface area contributed by atoms with Crippen molar-refractivity contribution < 1.29 is 9.90 Å². The summed E-state index contributed by atoms with van der Waals surface area (Å²) >= 11 is 0. The van der Waals surface area contributed by atoms with Gasteiger partial charge in [-0.2, -0.15) is 5.26 Å². The minimum atomic E-state index is -0.507. The highest BCUT2D eigenvalue weighted by atomic mass is 16.3. The van der Waals surface area contributed by atoms with Gasteiger partial charge in [-0.3, -0.25) is 4.79 Å². The zero-order valence-electron chi connectivity index (χ0n) is 16.1. The first-order chi connectivity index (χ1) is 14.7. The molecule has 148 valence electrons. The number of H-pyrrole nitrogens is 1. The van der Waals surface area contributed by atoms with E-state index in [9.17, 15) is 15.2 Å². The highest BCUT2D eigenvalue weighted by molar-refractivity contribution is 6.11. The van der Waals surface area contributed by atoms with Crippen molar-refractivity contribution in [2.75, 3.05) is 11.9 Å². The molecule has 30 heavy (non-hydrogen) atoms. The van der Waals surface area contributed by atoms with Crippen molar-refractivity contribution in [1.82, 2.24) is 10.3 Å². The molecule has 0 saturated carbocycles. The van der Waals surface area contributed by atoms with E-state index in [4.69, 9.17) is 0 Å². The molecule has 0 atom stereocenters. The average molecular weight is 396 g/mol. The number of rotatable bonds is 6. The Morgan fingerprint density at radius 2 is 1.80 bits per heavy atom. The second-order valence-electron chi connectivity index (χ2n) is 6.87. The van der Waals surface area contributed by atoms with Gasteiger partial charge in [0.25, 0.3) is 5.91 Å². The molecule has 6 heteroatoms. The van der Waals surface area contributed by atoms with Gasteiger partial charge in [-0.05, 0) is 30.2 Å². The number of phenolic OH excluding ortho intramolecular Hbond substituents is 1. The standard InChI is InChI=1S/C24H20N4O2/c25-13-17(14-26-12-11-16-15-27-21-8-2-1-5-18(16)21)24(30)28-22-9-3-7-20-19(22)6-4-10-23(20)29/h1-10,14-15,26-27,29H,11-12H2,(H,28,30)/b17-14-. The van der Waals surface area contributed by atoms with Crippen LogP contribution >= 0.6 is 0 Å². The van der Waals surface area contributed by atoms with Crippen molar-refractivity contribution in [3.05, 3.63) is 84.2 Å². The van der Waals surface area contributed by atoms with Crippen molar-refractivity contribution in [1.29, 1.82) is 5.26 Å². The predicted molar refractivity (Wildman–Crippen MR) is 118 cm³/mol. The SMILES string of the molecule is N#C/C(=C/NCCc1c[nH]c2ccccc12)C(=O)Nc1cccc2c(O)cccc12. The average Bonchev–Trinajstić information content (AvgIpc) is 3.17. The number of anilines is 1. The molecule has 3 aromatic carbocycles. The van der Waals surface area contributed by atoms with E-state index in [0.29, 0.717) is 23.0 Å². The molecule has 0 bridgehead atoms. The van der Waals surface area contributed by atoms with Crippen LogP contribution in [0.2, 0.25) is 0 Å². The Morgan fingerprint density at radius 3 is 2.67 bits per heavy atom. The Morgan fingerprint density at radius 1 is 1.03 bits per heavy atom. The van der Waals surface area contributed by atoms with Crippen molar-refractivity contribution in [2.45, 2.75) is 6.42 Å². The number of aromatic nitrogens is 1. The van der Waals surface area contributed by atoms with Crippen LogP contribution in [0.4, 0.5) is 5.69 Å². The molecule has 4 rings (SSSR count). The molecule has 0 saturated heterocycles. The third-order valence-electron chi connectivity index (χ3n) is 4.97. The van der Waals surface area contributed by atoms with Gasteiger partial charge in [0, 0.05) is 46.3 Å². The number of hydrogen-bond acceptors (Lipinski definition) is 4. The summed E-state index contributed by atoms with van der Waals surface area (Å²) in [6.07, 6.45) is 4.17. The number of nitrogens with one attached hydrogen (secondary N) is 3. The van der Waals surface area contributed by atoms with Gasteiger partial charge in [0.2, 0.25) is 0 Å². The highest BCUT2D eigenvalue weighted by Gasteiger charge is 2.12. The normalized spacial score (nSPS) is 11.4. The summed E-state index contributed by atoms with van der Waals surface area (Å²) in [4.78, 5) is 15.8. The maximum Gasteiger partial charge on any atom is 0.267 e. The van der Waals surface area contributed by atoms with Gasteiger partial charge in [-0.1, -0.05) is 42.5 Å². The number of phenols is 1. The summed E-state index contributed by atoms with van der Waals surface area (Å²) in [6, 6.07) is 20.4. The number of hydrogen-bond donors (Lipinski definition) is 4. The molecule has 1 amide bonds. The topological polar surface area (TPSA) is 101 Å². The van der Waals surface area contributed by atoms with Crippen LogP contribution in [0.15, 0.2) is 78.6 Å². The first-order valence-electron chi connectivity index (χ1n) is 9.58. The molecule has 0 aliphatic carbocycles. The lowest BCUT2D eigenvalue weighted by molar-refractivity contribution is -0.112. The van der Waals surface area contributed by atoms with Crippen LogP contribution in [-0.4, -0.2) is 22.5 Å². The molecule has 0 unspecified atom stereocenters. The van der Waals surface area contributed by atoms with Crippen LogP contribution in [0.25, 0.3) is 21.7 Å². The summed E-state index contributed by atoms with van der Waals surface area (Å²) in [7, 11) is 0. The summed E-state index contributed by atoms with van der Waals surface area (Å²) < 4.78 is 0. The summed E-state index contributed by atoms with van der Waals surface area (Å²) in [5.74, 6) is -0.369. The lowest BCUT2D eigenvalue weighted by Gasteiger charge is -2.09. The molecule has 0 fully saturated rings. The predicted octanol–water partition coefficient (Wildman–Crippen LogP) is 4.20. The number of carbonyl (C=O) groups is 1. The van der Waals surface area contributed by atoms with E-state index in [0.717, 1.165) is 11.9 Å². The fraction of sp³-hybridized carbons (Fsp3) is 0.0833. The Balaban J connectivity index is 1.42. The Bertz CT molecular complexity index is 1300. The highest BCUT2D eigenvalue weighted by Crippen LogP contribution is 2.29. The Labute approximate surface area is 173 Å². The molecular weight excluding hydrogens is 376 g/mol. The van der Waals surface area contributed by atoms with Gasteiger partial charge >= 0.3 is 0 Å². The zero-order chi connectivity index (χ0) is 20.9. The number of aromatic hydroxyl groups is 1. The van der Waals surface area contributed by atoms with Crippen LogP contribution in [0.3, 0.4) is 0 Å². The number of nitrogens with zero attached hydrogens (tertiary/aromatic N) is 1. The number of fused-ring (bicyclic) bond motifs is 2. The number of carbonyl (C=O) groups excluding carboxylic acids is 1. The smallest absolute Gasteiger partial charge is 0.267 e. The van der Waals surface area contributed by atoms with Crippen LogP contribution < -0.4 is 10.6 Å². The van der Waals surface area contributed by atoms with Gasteiger partial charge in [0.05, 0.1) is 0 Å². The van der Waals surface area contributed by atoms with E-state index in [2.05, 4.69) is 21.7 Å². The van der Waals surface area contributed by atoms with E-state index < -0.39 is 5.91 Å². The summed E-state index contributed by atoms with van der Waals surface area (Å²) in [6.45, 7) is 0.586. The monoisotopic (exact) mass is 396 g/mol. The maximum absolute atomic E-state index is 12.6. The molecular formula is C24H20N4O2. The zero-order valence-corrected chi connectivity index (χ0v) is 16.1. The first kappa shape index (κ1) is 19.1. The van der Waals surface area contributed by atoms with Gasteiger partial charge in [0.15, 0.2) is 0 Å². The molecule has 0 spiro atoms. The first-order valence-corrected chi connectivity index (χ1v) is 9.58. The van der Waals surface area contributed by atoms with Crippen molar-refractivity contribution in [3.63, 3.8) is 0 Å². The second kappa shape index (κ2) is 8.41. The molecule has 1 heterocycles. The fourth-order valence-corrected chi connectivity index (χ4v) is 3.46. The molecule has 4 N–H and O–H groups in total. The molecule has 6 nitrogen and oxygen atoms in total. The molecule has 0 radical (unpaired) electrons. The fourth-order valence-electron chi connectivity index (χ4n) is 3.46. The van der Waals surface area contributed by atoms with Gasteiger partial charge in [-0.15, -0.1) is 0 Å². The number of amides is 1. The van der Waals surface area contributed by atoms with Crippen LogP contribution in [-0.2, 0) is 11.2 Å². The number of aromatic amines is 1. The summed E-state index contributed by atoms with van der Waals surface area (Å²) in [5, 5.41) is 27.7. The molecule has 1 aromatic heterocycles. The Hall–Kier alpha value is -4.24. The van der Waals surface area contributed by atoms with E-state index in [1.807, 2.05) is 30.5 Å². The lowest BCUT2D eigenvalue weighted by atomic mass is 10.1. The van der Waals surface area contributed by atoms with Crippen molar-refractivity contribution >= 4 is 33.3 Å². The van der Waals surface area contributed by atoms with Crippen LogP contribution in [0, 0.1) is 11.3 Å². The summed E-state index contributed by atoms with van der Waals surface area (Å²) in [5.41, 5.74) is 2.77. The van der Waals surface area contributed by atoms with E-state index >= 15 is 0 Å². The molecule has 0 aliphatic rings. The van der Waals surface area contributed by atoms with Crippen LogP contribution in [0.1, 0.15) is 5.56 Å². The Kier molecular flexibility index (Phi) is 5.35. The van der Waals surface area contributed by atoms with E-state index in [1.54, 1.807) is 36.4 Å². The van der Waals surface area contributed by atoms with Gasteiger partial charge in [0.1, 0.15) is 17.4 Å². The molecule has 0 aliphatic heterocycles. The van der Waals surface area contributed by atoms with E-state index in [-0.39, 0.29) is 11.3 Å². The largest absolute Gasteiger partial charge is 0.507 e. The second-order valence-corrected chi connectivity index (χ2v) is 6.87. The van der Waals surface area contributed by atoms with Crippen molar-refractivity contribution in [3.8, 4) is 11.8 Å².